The van der Waals surface area contributed by atoms with Crippen LogP contribution in [0.1, 0.15) is 31.2 Å². The number of nitrogens with one attached hydrogen (secondary N) is 1. The van der Waals surface area contributed by atoms with Crippen LogP contribution < -0.4 is 5.32 Å². The lowest BCUT2D eigenvalue weighted by atomic mass is 10.2. The minimum atomic E-state index is 0.176. The van der Waals surface area contributed by atoms with Crippen molar-refractivity contribution in [3.63, 3.8) is 0 Å². The highest BCUT2D eigenvalue weighted by Crippen LogP contribution is 2.19. The summed E-state index contributed by atoms with van der Waals surface area (Å²) in [5.74, 6) is 0.851. The van der Waals surface area contributed by atoms with Crippen molar-refractivity contribution >= 4 is 0 Å². The normalized spacial score (nSPS) is 17.4. The van der Waals surface area contributed by atoms with Crippen LogP contribution in [0.5, 0.6) is 0 Å². The minimum Gasteiger partial charge on any atom is -0.381 e. The molecule has 1 aliphatic rings. The highest BCUT2D eigenvalue weighted by Gasteiger charge is 2.19. The first-order chi connectivity index (χ1) is 7.78. The van der Waals surface area contributed by atoms with Crippen molar-refractivity contribution in [2.45, 2.75) is 44.9 Å². The molecule has 4 nitrogen and oxygen atoms in total. The summed E-state index contributed by atoms with van der Waals surface area (Å²) in [5, 5.41) is 3.44. The Hall–Kier alpha value is -1.00. The average Bonchev–Trinajstić information content (AvgIpc) is 3.12. The third-order valence-corrected chi connectivity index (χ3v) is 2.80. The first-order valence-electron chi connectivity index (χ1n) is 5.84. The molecular weight excluding hydrogens is 202 g/mol. The first kappa shape index (κ1) is 11.5. The van der Waals surface area contributed by atoms with E-state index in [1.807, 2.05) is 19.3 Å². The van der Waals surface area contributed by atoms with Gasteiger partial charge in [0.25, 0.3) is 0 Å². The number of hydrogen-bond acceptors (Lipinski definition) is 4. The van der Waals surface area contributed by atoms with Crippen LogP contribution in [0.2, 0.25) is 0 Å². The Balaban J connectivity index is 1.82. The molecule has 0 bridgehead atoms. The highest BCUT2D eigenvalue weighted by atomic mass is 16.5. The molecule has 1 unspecified atom stereocenters. The maximum Gasteiger partial charge on any atom is 0.130 e. The van der Waals surface area contributed by atoms with E-state index in [2.05, 4.69) is 15.3 Å². The zero-order chi connectivity index (χ0) is 11.4. The Morgan fingerprint density at radius 3 is 2.69 bits per heavy atom. The minimum absolute atomic E-state index is 0.176. The number of nitrogens with zero attached hydrogens (tertiary/aromatic N) is 2. The van der Waals surface area contributed by atoms with E-state index in [1.54, 1.807) is 7.11 Å². The van der Waals surface area contributed by atoms with Crippen LogP contribution in [0.25, 0.3) is 0 Å². The van der Waals surface area contributed by atoms with Gasteiger partial charge in [-0.05, 0) is 19.8 Å². The van der Waals surface area contributed by atoms with E-state index in [0.29, 0.717) is 0 Å². The third kappa shape index (κ3) is 3.54. The molecule has 0 aromatic carbocycles. The lowest BCUT2D eigenvalue weighted by molar-refractivity contribution is 0.117. The van der Waals surface area contributed by atoms with Gasteiger partial charge in [-0.3, -0.25) is 0 Å². The highest BCUT2D eigenvalue weighted by molar-refractivity contribution is 5.06. The van der Waals surface area contributed by atoms with E-state index in [1.165, 1.54) is 12.8 Å². The summed E-state index contributed by atoms with van der Waals surface area (Å²) in [6.07, 6.45) is 7.37. The van der Waals surface area contributed by atoms with Gasteiger partial charge < -0.3 is 10.1 Å². The molecule has 1 aromatic heterocycles. The molecule has 1 aromatic rings. The SMILES string of the molecule is COC(C)Cc1ncc(CNC2CC2)cn1. The Bertz CT molecular complexity index is 322. The summed E-state index contributed by atoms with van der Waals surface area (Å²) in [5.41, 5.74) is 1.15. The largest absolute Gasteiger partial charge is 0.381 e. The molecule has 0 spiro atoms. The van der Waals surface area contributed by atoms with Crippen LogP contribution in [0.15, 0.2) is 12.4 Å². The van der Waals surface area contributed by atoms with E-state index in [0.717, 1.165) is 30.4 Å². The third-order valence-electron chi connectivity index (χ3n) is 2.80. The van der Waals surface area contributed by atoms with Crippen LogP contribution in [-0.4, -0.2) is 29.2 Å². The Morgan fingerprint density at radius 2 is 2.12 bits per heavy atom. The predicted octanol–water partition coefficient (Wildman–Crippen LogP) is 1.31. The fraction of sp³-hybridized carbons (Fsp3) is 0.667. The summed E-state index contributed by atoms with van der Waals surface area (Å²) in [7, 11) is 1.71. The van der Waals surface area contributed by atoms with Crippen molar-refractivity contribution < 1.29 is 4.74 Å². The van der Waals surface area contributed by atoms with Gasteiger partial charge in [0.2, 0.25) is 0 Å². The molecule has 1 N–H and O–H groups in total. The Labute approximate surface area is 96.4 Å². The molecule has 88 valence electrons. The van der Waals surface area contributed by atoms with Crippen LogP contribution in [0, 0.1) is 0 Å². The monoisotopic (exact) mass is 221 g/mol. The lowest BCUT2D eigenvalue weighted by Crippen LogP contribution is -2.16. The lowest BCUT2D eigenvalue weighted by Gasteiger charge is -2.08. The van der Waals surface area contributed by atoms with Gasteiger partial charge in [0.05, 0.1) is 6.10 Å². The number of hydrogen-bond donors (Lipinski definition) is 1. The maximum absolute atomic E-state index is 5.18. The van der Waals surface area contributed by atoms with Gasteiger partial charge in [0.15, 0.2) is 0 Å². The molecule has 1 aliphatic carbocycles. The van der Waals surface area contributed by atoms with Gasteiger partial charge in [0, 0.05) is 44.1 Å². The molecule has 4 heteroatoms. The van der Waals surface area contributed by atoms with Gasteiger partial charge in [-0.15, -0.1) is 0 Å². The smallest absolute Gasteiger partial charge is 0.130 e. The van der Waals surface area contributed by atoms with E-state index >= 15 is 0 Å². The fourth-order valence-corrected chi connectivity index (χ4v) is 1.47. The van der Waals surface area contributed by atoms with Gasteiger partial charge in [0.1, 0.15) is 5.82 Å². The molecule has 0 amide bonds. The number of methoxy groups -OCH3 is 1. The summed E-state index contributed by atoms with van der Waals surface area (Å²) in [6, 6.07) is 0.730. The molecule has 0 aliphatic heterocycles. The van der Waals surface area contributed by atoms with Crippen molar-refractivity contribution in [3.8, 4) is 0 Å². The van der Waals surface area contributed by atoms with Gasteiger partial charge in [-0.1, -0.05) is 0 Å². The van der Waals surface area contributed by atoms with Crippen molar-refractivity contribution in [1.29, 1.82) is 0 Å². The maximum atomic E-state index is 5.18. The molecule has 2 rings (SSSR count). The second kappa shape index (κ2) is 5.37. The van der Waals surface area contributed by atoms with Crippen molar-refractivity contribution in [3.05, 3.63) is 23.8 Å². The second-order valence-electron chi connectivity index (χ2n) is 4.41. The van der Waals surface area contributed by atoms with Gasteiger partial charge >= 0.3 is 0 Å². The van der Waals surface area contributed by atoms with Crippen molar-refractivity contribution in [2.75, 3.05) is 7.11 Å². The number of rotatable bonds is 6. The molecule has 1 fully saturated rings. The zero-order valence-electron chi connectivity index (χ0n) is 9.94. The quantitative estimate of drug-likeness (QED) is 0.786. The number of ether oxygens (including phenoxy) is 1. The molecule has 16 heavy (non-hydrogen) atoms. The molecule has 0 saturated heterocycles. The van der Waals surface area contributed by atoms with Gasteiger partial charge in [-0.2, -0.15) is 0 Å². The summed E-state index contributed by atoms with van der Waals surface area (Å²) >= 11 is 0. The second-order valence-corrected chi connectivity index (χ2v) is 4.41. The molecule has 0 radical (unpaired) electrons. The number of aromatic nitrogens is 2. The van der Waals surface area contributed by atoms with Crippen molar-refractivity contribution in [1.82, 2.24) is 15.3 Å². The van der Waals surface area contributed by atoms with E-state index in [9.17, 15) is 0 Å². The van der Waals surface area contributed by atoms with E-state index in [-0.39, 0.29) is 6.10 Å². The van der Waals surface area contributed by atoms with E-state index in [4.69, 9.17) is 4.74 Å². The topological polar surface area (TPSA) is 47.0 Å². The molecular formula is C12H19N3O. The average molecular weight is 221 g/mol. The van der Waals surface area contributed by atoms with Crippen molar-refractivity contribution in [2.24, 2.45) is 0 Å². The summed E-state index contributed by atoms with van der Waals surface area (Å²) in [6.45, 7) is 2.90. The molecule has 1 atom stereocenters. The Morgan fingerprint density at radius 1 is 1.44 bits per heavy atom. The van der Waals surface area contributed by atoms with Crippen LogP contribution in [-0.2, 0) is 17.7 Å². The summed E-state index contributed by atoms with van der Waals surface area (Å²) in [4.78, 5) is 8.67. The standard InChI is InChI=1S/C12H19N3O/c1-9(16-2)5-12-14-7-10(8-15-12)6-13-11-3-4-11/h7-9,11,13H,3-6H2,1-2H3. The molecule has 1 heterocycles. The predicted molar refractivity (Wildman–Crippen MR) is 62.1 cm³/mol. The first-order valence-corrected chi connectivity index (χ1v) is 5.84. The van der Waals surface area contributed by atoms with Crippen LogP contribution >= 0.6 is 0 Å². The summed E-state index contributed by atoms with van der Waals surface area (Å²) < 4.78 is 5.18. The molecule has 1 saturated carbocycles. The zero-order valence-corrected chi connectivity index (χ0v) is 9.94. The van der Waals surface area contributed by atoms with Crippen LogP contribution in [0.4, 0.5) is 0 Å². The fourth-order valence-electron chi connectivity index (χ4n) is 1.47. The van der Waals surface area contributed by atoms with E-state index < -0.39 is 0 Å². The van der Waals surface area contributed by atoms with Crippen LogP contribution in [0.3, 0.4) is 0 Å². The Kier molecular flexibility index (Phi) is 3.85. The van der Waals surface area contributed by atoms with Gasteiger partial charge in [-0.25, -0.2) is 9.97 Å².